The number of nitrogens with zero attached hydrogens (tertiary/aromatic N) is 3. The molecule has 1 aliphatic heterocycles. The molecule has 7 heteroatoms. The van der Waals surface area contributed by atoms with Gasteiger partial charge in [-0.05, 0) is 52.7 Å². The third kappa shape index (κ3) is 7.00. The van der Waals surface area contributed by atoms with Crippen molar-refractivity contribution in [3.8, 4) is 0 Å². The van der Waals surface area contributed by atoms with Gasteiger partial charge in [0.25, 0.3) is 0 Å². The molecule has 0 aliphatic carbocycles. The number of ether oxygens (including phenoxy) is 2. The van der Waals surface area contributed by atoms with Crippen LogP contribution in [0.1, 0.15) is 46.1 Å². The lowest BCUT2D eigenvalue weighted by atomic mass is 10.1. The van der Waals surface area contributed by atoms with Crippen molar-refractivity contribution >= 4 is 11.8 Å². The van der Waals surface area contributed by atoms with E-state index >= 15 is 0 Å². The fraction of sp³-hybridized carbons (Fsp3) is 0.632. The molecule has 2 rings (SSSR count). The van der Waals surface area contributed by atoms with E-state index < -0.39 is 5.60 Å². The maximum absolute atomic E-state index is 12.0. The first-order valence-electron chi connectivity index (χ1n) is 9.01. The number of pyridine rings is 1. The smallest absolute Gasteiger partial charge is 0.410 e. The summed E-state index contributed by atoms with van der Waals surface area (Å²) in [5.41, 5.74) is 1.32. The number of oxime groups is 1. The first-order chi connectivity index (χ1) is 12.3. The summed E-state index contributed by atoms with van der Waals surface area (Å²) in [5, 5.41) is 4.09. The van der Waals surface area contributed by atoms with E-state index in [1.54, 1.807) is 17.3 Å². The van der Waals surface area contributed by atoms with E-state index in [9.17, 15) is 4.79 Å². The van der Waals surface area contributed by atoms with Gasteiger partial charge in [0.05, 0.1) is 18.4 Å². The molecule has 0 aromatic carbocycles. The van der Waals surface area contributed by atoms with Crippen LogP contribution in [0, 0.1) is 0 Å². The molecule has 0 atom stereocenters. The van der Waals surface area contributed by atoms with Gasteiger partial charge in [0, 0.05) is 31.0 Å². The van der Waals surface area contributed by atoms with Crippen molar-refractivity contribution in [3.63, 3.8) is 0 Å². The number of carbonyl (C=O) groups is 1. The highest BCUT2D eigenvalue weighted by Crippen LogP contribution is 2.17. The molecule has 7 nitrogen and oxygen atoms in total. The Morgan fingerprint density at radius 3 is 2.50 bits per heavy atom. The first-order valence-corrected chi connectivity index (χ1v) is 9.01. The summed E-state index contributed by atoms with van der Waals surface area (Å²) in [6.45, 7) is 9.69. The van der Waals surface area contributed by atoms with Crippen molar-refractivity contribution in [2.45, 2.75) is 52.2 Å². The molecule has 26 heavy (non-hydrogen) atoms. The largest absolute Gasteiger partial charge is 0.444 e. The number of amides is 1. The Morgan fingerprint density at radius 2 is 1.88 bits per heavy atom. The van der Waals surface area contributed by atoms with Crippen LogP contribution in [0.2, 0.25) is 0 Å². The lowest BCUT2D eigenvalue weighted by Crippen LogP contribution is -2.43. The summed E-state index contributed by atoms with van der Waals surface area (Å²) >= 11 is 0. The van der Waals surface area contributed by atoms with Crippen molar-refractivity contribution in [2.24, 2.45) is 5.16 Å². The van der Waals surface area contributed by atoms with Crippen LogP contribution < -0.4 is 0 Å². The summed E-state index contributed by atoms with van der Waals surface area (Å²) < 4.78 is 11.2. The van der Waals surface area contributed by atoms with Crippen LogP contribution in [0.3, 0.4) is 0 Å². The highest BCUT2D eigenvalue weighted by molar-refractivity contribution is 5.98. The Morgan fingerprint density at radius 1 is 1.23 bits per heavy atom. The molecule has 144 valence electrons. The van der Waals surface area contributed by atoms with E-state index in [0.717, 1.165) is 24.1 Å². The minimum Gasteiger partial charge on any atom is -0.444 e. The minimum atomic E-state index is -0.462. The van der Waals surface area contributed by atoms with Crippen LogP contribution in [0.5, 0.6) is 0 Å². The van der Waals surface area contributed by atoms with Gasteiger partial charge in [-0.3, -0.25) is 4.98 Å². The summed E-state index contributed by atoms with van der Waals surface area (Å²) in [5.74, 6) is 0. The van der Waals surface area contributed by atoms with Crippen LogP contribution >= 0.6 is 0 Å². The lowest BCUT2D eigenvalue weighted by Gasteiger charge is -2.33. The van der Waals surface area contributed by atoms with Crippen LogP contribution in [-0.2, 0) is 14.3 Å². The molecule has 1 aromatic rings. The van der Waals surface area contributed by atoms with Gasteiger partial charge in [-0.25, -0.2) is 4.79 Å². The Balaban J connectivity index is 1.61. The van der Waals surface area contributed by atoms with Gasteiger partial charge in [-0.15, -0.1) is 0 Å². The molecule has 2 heterocycles. The fourth-order valence-electron chi connectivity index (χ4n) is 2.57. The highest BCUT2D eigenvalue weighted by atomic mass is 16.6. The summed E-state index contributed by atoms with van der Waals surface area (Å²) in [7, 11) is 0. The Bertz CT molecular complexity index is 591. The maximum Gasteiger partial charge on any atom is 0.410 e. The van der Waals surface area contributed by atoms with Crippen molar-refractivity contribution in [3.05, 3.63) is 30.1 Å². The zero-order chi connectivity index (χ0) is 19.0. The number of carbonyl (C=O) groups excluding carboxylic acids is 1. The quantitative estimate of drug-likeness (QED) is 0.441. The van der Waals surface area contributed by atoms with Gasteiger partial charge in [-0.2, -0.15) is 0 Å². The SMILES string of the molecule is C/C(=N/OCCOC1CCN(C(=O)OC(C)(C)C)CC1)c1ccncc1. The standard InChI is InChI=1S/C19H29N3O4/c1-15(16-5-9-20-10-6-16)21-25-14-13-24-17-7-11-22(12-8-17)18(23)26-19(2,3)4/h5-6,9-10,17H,7-8,11-14H2,1-4H3/b21-15-. The van der Waals surface area contributed by atoms with Gasteiger partial charge in [0.1, 0.15) is 12.2 Å². The number of rotatable bonds is 6. The third-order valence-corrected chi connectivity index (χ3v) is 3.92. The van der Waals surface area contributed by atoms with Crippen LogP contribution in [0.15, 0.2) is 29.7 Å². The predicted molar refractivity (Wildman–Crippen MR) is 99.2 cm³/mol. The molecule has 0 radical (unpaired) electrons. The van der Waals surface area contributed by atoms with E-state index in [-0.39, 0.29) is 12.2 Å². The zero-order valence-corrected chi connectivity index (χ0v) is 16.1. The van der Waals surface area contributed by atoms with Gasteiger partial charge < -0.3 is 19.2 Å². The number of aromatic nitrogens is 1. The molecule has 1 fully saturated rings. The maximum atomic E-state index is 12.0. The summed E-state index contributed by atoms with van der Waals surface area (Å²) in [4.78, 5) is 23.1. The van der Waals surface area contributed by atoms with Crippen LogP contribution in [-0.4, -0.2) is 59.7 Å². The number of hydrogen-bond acceptors (Lipinski definition) is 6. The molecule has 0 N–H and O–H groups in total. The second-order valence-electron chi connectivity index (χ2n) is 7.28. The Hall–Kier alpha value is -2.15. The van der Waals surface area contributed by atoms with Crippen LogP contribution in [0.25, 0.3) is 0 Å². The molecule has 1 aliphatic rings. The molecule has 0 unspecified atom stereocenters. The highest BCUT2D eigenvalue weighted by Gasteiger charge is 2.27. The fourth-order valence-corrected chi connectivity index (χ4v) is 2.57. The van der Waals surface area contributed by atoms with E-state index in [1.807, 2.05) is 39.8 Å². The molecule has 0 saturated carbocycles. The molecule has 0 bridgehead atoms. The first kappa shape index (κ1) is 20.2. The van der Waals surface area contributed by atoms with Gasteiger partial charge >= 0.3 is 6.09 Å². The summed E-state index contributed by atoms with van der Waals surface area (Å²) in [6.07, 6.45) is 4.95. The Kier molecular flexibility index (Phi) is 7.38. The van der Waals surface area contributed by atoms with E-state index in [0.29, 0.717) is 26.3 Å². The van der Waals surface area contributed by atoms with Gasteiger partial charge in [0.2, 0.25) is 0 Å². The molecule has 1 amide bonds. The van der Waals surface area contributed by atoms with Crippen molar-refractivity contribution in [1.29, 1.82) is 0 Å². The molecular weight excluding hydrogens is 334 g/mol. The van der Waals surface area contributed by atoms with E-state index in [4.69, 9.17) is 14.3 Å². The molecule has 1 aromatic heterocycles. The lowest BCUT2D eigenvalue weighted by molar-refractivity contribution is -0.0287. The number of likely N-dealkylation sites (tertiary alicyclic amines) is 1. The summed E-state index contributed by atoms with van der Waals surface area (Å²) in [6, 6.07) is 3.77. The number of piperidine rings is 1. The van der Waals surface area contributed by atoms with E-state index in [1.165, 1.54) is 0 Å². The average molecular weight is 363 g/mol. The minimum absolute atomic E-state index is 0.141. The topological polar surface area (TPSA) is 73.2 Å². The normalized spacial score (nSPS) is 16.5. The van der Waals surface area contributed by atoms with E-state index in [2.05, 4.69) is 10.1 Å². The second kappa shape index (κ2) is 9.52. The third-order valence-electron chi connectivity index (χ3n) is 3.92. The Labute approximate surface area is 155 Å². The molecular formula is C19H29N3O4. The van der Waals surface area contributed by atoms with Gasteiger partial charge in [-0.1, -0.05) is 5.16 Å². The monoisotopic (exact) mass is 363 g/mol. The zero-order valence-electron chi connectivity index (χ0n) is 16.1. The molecule has 0 spiro atoms. The van der Waals surface area contributed by atoms with Gasteiger partial charge in [0.15, 0.2) is 0 Å². The van der Waals surface area contributed by atoms with Crippen molar-refractivity contribution < 1.29 is 19.1 Å². The van der Waals surface area contributed by atoms with Crippen LogP contribution in [0.4, 0.5) is 4.79 Å². The second-order valence-corrected chi connectivity index (χ2v) is 7.28. The number of hydrogen-bond donors (Lipinski definition) is 0. The van der Waals surface area contributed by atoms with Crippen molar-refractivity contribution in [2.75, 3.05) is 26.3 Å². The average Bonchev–Trinajstić information content (AvgIpc) is 2.61. The molecule has 1 saturated heterocycles. The predicted octanol–water partition coefficient (Wildman–Crippen LogP) is 3.24. The van der Waals surface area contributed by atoms with Crippen molar-refractivity contribution in [1.82, 2.24) is 9.88 Å².